The van der Waals surface area contributed by atoms with Crippen molar-refractivity contribution in [1.82, 2.24) is 4.90 Å². The number of carbonyl (C=O) groups excluding carboxylic acids is 1. The van der Waals surface area contributed by atoms with Gasteiger partial charge in [0.25, 0.3) is 0 Å². The van der Waals surface area contributed by atoms with Gasteiger partial charge in [-0.15, -0.1) is 11.8 Å². The van der Waals surface area contributed by atoms with Gasteiger partial charge >= 0.3 is 5.97 Å². The lowest BCUT2D eigenvalue weighted by molar-refractivity contribution is -0.143. The van der Waals surface area contributed by atoms with Gasteiger partial charge in [0.1, 0.15) is 0 Å². The molecule has 0 fully saturated rings. The van der Waals surface area contributed by atoms with Crippen LogP contribution in [0.1, 0.15) is 18.9 Å². The van der Waals surface area contributed by atoms with Gasteiger partial charge in [-0.3, -0.25) is 4.79 Å². The molecular weight excluding hydrogens is 258 g/mol. The van der Waals surface area contributed by atoms with Crippen LogP contribution in [0.15, 0.2) is 29.2 Å². The van der Waals surface area contributed by atoms with E-state index in [1.165, 1.54) is 10.5 Å². The Kier molecular flexibility index (Phi) is 7.60. The number of ether oxygens (including phenoxy) is 1. The molecule has 0 N–H and O–H groups in total. The molecule has 0 radical (unpaired) electrons. The standard InChI is InChI=1S/C15H23NO2S/c1-4-18-15(17)9-10-16(3)11-12-19-14-7-5-13(2)6-8-14/h5-8H,4,9-12H2,1-3H3. The van der Waals surface area contributed by atoms with Crippen molar-refractivity contribution < 1.29 is 9.53 Å². The van der Waals surface area contributed by atoms with Gasteiger partial charge in [0.15, 0.2) is 0 Å². The number of benzene rings is 1. The summed E-state index contributed by atoms with van der Waals surface area (Å²) in [4.78, 5) is 14.7. The van der Waals surface area contributed by atoms with Crippen molar-refractivity contribution in [3.8, 4) is 0 Å². The topological polar surface area (TPSA) is 29.5 Å². The van der Waals surface area contributed by atoms with Crippen LogP contribution in [-0.2, 0) is 9.53 Å². The number of hydrogen-bond donors (Lipinski definition) is 0. The SMILES string of the molecule is CCOC(=O)CCN(C)CCSc1ccc(C)cc1. The first-order valence-electron chi connectivity index (χ1n) is 6.65. The van der Waals surface area contributed by atoms with Gasteiger partial charge in [0.05, 0.1) is 13.0 Å². The Balaban J connectivity index is 2.14. The predicted molar refractivity (Wildman–Crippen MR) is 80.7 cm³/mol. The van der Waals surface area contributed by atoms with E-state index in [-0.39, 0.29) is 5.97 Å². The average molecular weight is 281 g/mol. The summed E-state index contributed by atoms with van der Waals surface area (Å²) in [6.45, 7) is 6.12. The fourth-order valence-electron chi connectivity index (χ4n) is 1.58. The first kappa shape index (κ1) is 16.1. The molecule has 1 rings (SSSR count). The minimum Gasteiger partial charge on any atom is -0.466 e. The second-order valence-corrected chi connectivity index (χ2v) is 5.69. The quantitative estimate of drug-likeness (QED) is 0.541. The Hall–Kier alpha value is -1.00. The lowest BCUT2D eigenvalue weighted by Gasteiger charge is -2.15. The predicted octanol–water partition coefficient (Wildman–Crippen LogP) is 2.97. The minimum absolute atomic E-state index is 0.111. The van der Waals surface area contributed by atoms with E-state index in [1.807, 2.05) is 25.7 Å². The summed E-state index contributed by atoms with van der Waals surface area (Å²) >= 11 is 1.84. The van der Waals surface area contributed by atoms with Crippen LogP contribution < -0.4 is 0 Å². The van der Waals surface area contributed by atoms with Gasteiger partial charge in [-0.2, -0.15) is 0 Å². The molecule has 0 saturated carbocycles. The molecule has 0 unspecified atom stereocenters. The smallest absolute Gasteiger partial charge is 0.307 e. The van der Waals surface area contributed by atoms with Crippen molar-refractivity contribution in [2.24, 2.45) is 0 Å². The zero-order valence-corrected chi connectivity index (χ0v) is 12.8. The largest absolute Gasteiger partial charge is 0.466 e. The lowest BCUT2D eigenvalue weighted by atomic mass is 10.2. The molecule has 0 amide bonds. The second-order valence-electron chi connectivity index (χ2n) is 4.52. The molecule has 1 aromatic rings. The summed E-state index contributed by atoms with van der Waals surface area (Å²) in [7, 11) is 2.04. The Labute approximate surface area is 120 Å². The zero-order chi connectivity index (χ0) is 14.1. The van der Waals surface area contributed by atoms with Crippen molar-refractivity contribution in [3.05, 3.63) is 29.8 Å². The molecule has 4 heteroatoms. The summed E-state index contributed by atoms with van der Waals surface area (Å²) in [6.07, 6.45) is 0.472. The lowest BCUT2D eigenvalue weighted by Crippen LogP contribution is -2.24. The number of nitrogens with zero attached hydrogens (tertiary/aromatic N) is 1. The van der Waals surface area contributed by atoms with E-state index in [4.69, 9.17) is 4.74 Å². The van der Waals surface area contributed by atoms with Gasteiger partial charge in [0, 0.05) is 23.7 Å². The molecule has 0 bridgehead atoms. The zero-order valence-electron chi connectivity index (χ0n) is 12.0. The molecule has 0 aliphatic carbocycles. The van der Waals surface area contributed by atoms with Crippen molar-refractivity contribution >= 4 is 17.7 Å². The Bertz CT molecular complexity index is 378. The highest BCUT2D eigenvalue weighted by Crippen LogP contribution is 2.17. The molecule has 0 aromatic heterocycles. The molecule has 0 aliphatic heterocycles. The number of thioether (sulfide) groups is 1. The van der Waals surface area contributed by atoms with E-state index in [2.05, 4.69) is 36.1 Å². The van der Waals surface area contributed by atoms with Crippen molar-refractivity contribution in [2.75, 3.05) is 32.5 Å². The Morgan fingerprint density at radius 1 is 1.26 bits per heavy atom. The fraction of sp³-hybridized carbons (Fsp3) is 0.533. The van der Waals surface area contributed by atoms with Crippen LogP contribution >= 0.6 is 11.8 Å². The molecular formula is C15H23NO2S. The molecule has 3 nitrogen and oxygen atoms in total. The molecule has 19 heavy (non-hydrogen) atoms. The van der Waals surface area contributed by atoms with Crippen LogP contribution in [0.3, 0.4) is 0 Å². The molecule has 1 aromatic carbocycles. The van der Waals surface area contributed by atoms with E-state index in [9.17, 15) is 4.79 Å². The molecule has 0 atom stereocenters. The second kappa shape index (κ2) is 8.99. The van der Waals surface area contributed by atoms with Crippen LogP contribution in [0, 0.1) is 6.92 Å². The molecule has 0 heterocycles. The highest BCUT2D eigenvalue weighted by molar-refractivity contribution is 7.99. The van der Waals surface area contributed by atoms with Crippen molar-refractivity contribution in [3.63, 3.8) is 0 Å². The number of rotatable bonds is 8. The van der Waals surface area contributed by atoms with Gasteiger partial charge in [-0.05, 0) is 33.0 Å². The van der Waals surface area contributed by atoms with E-state index < -0.39 is 0 Å². The third kappa shape index (κ3) is 7.23. The van der Waals surface area contributed by atoms with Gasteiger partial charge < -0.3 is 9.64 Å². The summed E-state index contributed by atoms with van der Waals surface area (Å²) in [5.74, 6) is 0.920. The maximum atomic E-state index is 11.2. The van der Waals surface area contributed by atoms with E-state index in [0.29, 0.717) is 13.0 Å². The third-order valence-corrected chi connectivity index (χ3v) is 3.76. The summed E-state index contributed by atoms with van der Waals surface area (Å²) < 4.78 is 4.91. The average Bonchev–Trinajstić information content (AvgIpc) is 2.39. The van der Waals surface area contributed by atoms with E-state index in [0.717, 1.165) is 18.8 Å². The highest BCUT2D eigenvalue weighted by Gasteiger charge is 2.05. The minimum atomic E-state index is -0.111. The summed E-state index contributed by atoms with van der Waals surface area (Å²) in [5.41, 5.74) is 1.29. The maximum Gasteiger partial charge on any atom is 0.307 e. The summed E-state index contributed by atoms with van der Waals surface area (Å²) in [6, 6.07) is 8.57. The number of aryl methyl sites for hydroxylation is 1. The first-order valence-corrected chi connectivity index (χ1v) is 7.64. The van der Waals surface area contributed by atoms with E-state index in [1.54, 1.807) is 0 Å². The number of carbonyl (C=O) groups is 1. The highest BCUT2D eigenvalue weighted by atomic mass is 32.2. The molecule has 0 aliphatic rings. The van der Waals surface area contributed by atoms with Crippen molar-refractivity contribution in [2.45, 2.75) is 25.2 Å². The maximum absolute atomic E-state index is 11.2. The third-order valence-electron chi connectivity index (χ3n) is 2.77. The fourth-order valence-corrected chi connectivity index (χ4v) is 2.55. The summed E-state index contributed by atoms with van der Waals surface area (Å²) in [5, 5.41) is 0. The Morgan fingerprint density at radius 3 is 2.58 bits per heavy atom. The van der Waals surface area contributed by atoms with Crippen LogP contribution in [0.4, 0.5) is 0 Å². The molecule has 0 saturated heterocycles. The number of esters is 1. The number of hydrogen-bond acceptors (Lipinski definition) is 4. The van der Waals surface area contributed by atoms with Crippen LogP contribution in [-0.4, -0.2) is 43.4 Å². The normalized spacial score (nSPS) is 10.7. The molecule has 0 spiro atoms. The van der Waals surface area contributed by atoms with Crippen LogP contribution in [0.2, 0.25) is 0 Å². The van der Waals surface area contributed by atoms with Gasteiger partial charge in [0.2, 0.25) is 0 Å². The molecule has 106 valence electrons. The van der Waals surface area contributed by atoms with Gasteiger partial charge in [-0.1, -0.05) is 17.7 Å². The van der Waals surface area contributed by atoms with Crippen LogP contribution in [0.25, 0.3) is 0 Å². The monoisotopic (exact) mass is 281 g/mol. The van der Waals surface area contributed by atoms with E-state index >= 15 is 0 Å². The van der Waals surface area contributed by atoms with Gasteiger partial charge in [-0.25, -0.2) is 0 Å². The van der Waals surface area contributed by atoms with Crippen molar-refractivity contribution in [1.29, 1.82) is 0 Å². The first-order chi connectivity index (χ1) is 9.11. The van der Waals surface area contributed by atoms with Crippen LogP contribution in [0.5, 0.6) is 0 Å². The Morgan fingerprint density at radius 2 is 1.95 bits per heavy atom.